The lowest BCUT2D eigenvalue weighted by Crippen LogP contribution is -2.41. The Kier molecular flexibility index (Phi) is 7.45. The number of carbonyl (C=O) groups is 2. The first-order chi connectivity index (χ1) is 11.2. The van der Waals surface area contributed by atoms with E-state index in [1.807, 2.05) is 32.4 Å². The zero-order chi connectivity index (χ0) is 18.4. The van der Waals surface area contributed by atoms with Crippen molar-refractivity contribution in [3.05, 3.63) is 17.0 Å². The molecule has 0 aliphatic rings. The fraction of sp³-hybridized carbons (Fsp3) is 0.722. The molecule has 1 unspecified atom stereocenters. The Morgan fingerprint density at radius 2 is 1.88 bits per heavy atom. The SMILES string of the molecule is CCC(C)N(CC(=O)O)C(=O)CCc1c(C)nn(CC(C)C)c1C. The molecule has 0 fully saturated rings. The van der Waals surface area contributed by atoms with Gasteiger partial charge in [0.25, 0.3) is 0 Å². The lowest BCUT2D eigenvalue weighted by atomic mass is 10.1. The minimum Gasteiger partial charge on any atom is -0.480 e. The third-order valence-corrected chi connectivity index (χ3v) is 4.41. The Bertz CT molecular complexity index is 578. The average Bonchev–Trinajstić information content (AvgIpc) is 2.75. The molecule has 1 N–H and O–H groups in total. The normalized spacial score (nSPS) is 12.5. The maximum atomic E-state index is 12.5. The molecule has 6 heteroatoms. The van der Waals surface area contributed by atoms with Crippen molar-refractivity contribution in [2.75, 3.05) is 6.54 Å². The summed E-state index contributed by atoms with van der Waals surface area (Å²) in [4.78, 5) is 25.0. The summed E-state index contributed by atoms with van der Waals surface area (Å²) in [5.41, 5.74) is 3.15. The Hall–Kier alpha value is -1.85. The van der Waals surface area contributed by atoms with Gasteiger partial charge in [0, 0.05) is 24.7 Å². The molecular weight excluding hydrogens is 306 g/mol. The van der Waals surface area contributed by atoms with Crippen LogP contribution in [0.5, 0.6) is 0 Å². The molecule has 1 aromatic heterocycles. The molecule has 1 rings (SSSR count). The number of amides is 1. The van der Waals surface area contributed by atoms with Gasteiger partial charge in [-0.3, -0.25) is 14.3 Å². The molecule has 0 bridgehead atoms. The molecule has 6 nitrogen and oxygen atoms in total. The third kappa shape index (κ3) is 5.35. The number of carboxylic acid groups (broad SMARTS) is 1. The second-order valence-electron chi connectivity index (χ2n) is 6.90. The molecule has 0 radical (unpaired) electrons. The van der Waals surface area contributed by atoms with E-state index in [1.165, 1.54) is 4.90 Å². The van der Waals surface area contributed by atoms with E-state index >= 15 is 0 Å². The Balaban J connectivity index is 2.81. The minimum atomic E-state index is -0.972. The van der Waals surface area contributed by atoms with Crippen LogP contribution in [0, 0.1) is 19.8 Å². The molecular formula is C18H31N3O3. The van der Waals surface area contributed by atoms with E-state index in [-0.39, 0.29) is 18.5 Å². The lowest BCUT2D eigenvalue weighted by molar-refractivity contribution is -0.146. The van der Waals surface area contributed by atoms with Crippen LogP contribution in [0.4, 0.5) is 0 Å². The third-order valence-electron chi connectivity index (χ3n) is 4.41. The number of hydrogen-bond acceptors (Lipinski definition) is 3. The van der Waals surface area contributed by atoms with E-state index in [4.69, 9.17) is 5.11 Å². The highest BCUT2D eigenvalue weighted by Crippen LogP contribution is 2.17. The molecule has 0 saturated carbocycles. The maximum Gasteiger partial charge on any atom is 0.323 e. The predicted octanol–water partition coefficient (Wildman–Crippen LogP) is 2.80. The molecule has 0 aliphatic heterocycles. The number of carbonyl (C=O) groups excluding carboxylic acids is 1. The fourth-order valence-electron chi connectivity index (χ4n) is 2.85. The predicted molar refractivity (Wildman–Crippen MR) is 94.0 cm³/mol. The van der Waals surface area contributed by atoms with E-state index in [0.29, 0.717) is 18.8 Å². The number of aromatic nitrogens is 2. The van der Waals surface area contributed by atoms with Gasteiger partial charge >= 0.3 is 5.97 Å². The van der Waals surface area contributed by atoms with Gasteiger partial charge in [0.1, 0.15) is 6.54 Å². The van der Waals surface area contributed by atoms with E-state index in [1.54, 1.807) is 0 Å². The summed E-state index contributed by atoms with van der Waals surface area (Å²) in [7, 11) is 0. The molecule has 1 aromatic rings. The monoisotopic (exact) mass is 337 g/mol. The van der Waals surface area contributed by atoms with Crippen molar-refractivity contribution in [3.63, 3.8) is 0 Å². The van der Waals surface area contributed by atoms with Gasteiger partial charge in [0.15, 0.2) is 0 Å². The topological polar surface area (TPSA) is 75.4 Å². The van der Waals surface area contributed by atoms with Crippen molar-refractivity contribution >= 4 is 11.9 Å². The smallest absolute Gasteiger partial charge is 0.323 e. The van der Waals surface area contributed by atoms with Gasteiger partial charge in [-0.15, -0.1) is 0 Å². The molecule has 1 heterocycles. The van der Waals surface area contributed by atoms with Gasteiger partial charge in [-0.2, -0.15) is 5.10 Å². The molecule has 1 amide bonds. The molecule has 0 saturated heterocycles. The van der Waals surface area contributed by atoms with E-state index in [0.717, 1.165) is 29.9 Å². The van der Waals surface area contributed by atoms with Crippen molar-refractivity contribution in [1.29, 1.82) is 0 Å². The van der Waals surface area contributed by atoms with Gasteiger partial charge in [-0.05, 0) is 45.1 Å². The molecule has 136 valence electrons. The first-order valence-corrected chi connectivity index (χ1v) is 8.71. The highest BCUT2D eigenvalue weighted by atomic mass is 16.4. The second-order valence-corrected chi connectivity index (χ2v) is 6.90. The Labute approximate surface area is 144 Å². The molecule has 0 aliphatic carbocycles. The van der Waals surface area contributed by atoms with Gasteiger partial charge < -0.3 is 10.0 Å². The van der Waals surface area contributed by atoms with Crippen molar-refractivity contribution in [2.24, 2.45) is 5.92 Å². The maximum absolute atomic E-state index is 12.5. The van der Waals surface area contributed by atoms with Crippen molar-refractivity contribution in [2.45, 2.75) is 73.4 Å². The summed E-state index contributed by atoms with van der Waals surface area (Å²) in [6.45, 7) is 12.8. The van der Waals surface area contributed by atoms with Crippen LogP contribution >= 0.6 is 0 Å². The summed E-state index contributed by atoms with van der Waals surface area (Å²) >= 11 is 0. The molecule has 1 atom stereocenters. The number of hydrogen-bond donors (Lipinski definition) is 1. The van der Waals surface area contributed by atoms with Crippen molar-refractivity contribution < 1.29 is 14.7 Å². The van der Waals surface area contributed by atoms with Gasteiger partial charge in [0.2, 0.25) is 5.91 Å². The molecule has 0 aromatic carbocycles. The van der Waals surface area contributed by atoms with Crippen molar-refractivity contribution in [3.8, 4) is 0 Å². The van der Waals surface area contributed by atoms with E-state index in [2.05, 4.69) is 18.9 Å². The van der Waals surface area contributed by atoms with Crippen LogP contribution < -0.4 is 0 Å². The summed E-state index contributed by atoms with van der Waals surface area (Å²) in [5.74, 6) is -0.572. The number of rotatable bonds is 9. The fourth-order valence-corrected chi connectivity index (χ4v) is 2.85. The van der Waals surface area contributed by atoms with Crippen LogP contribution in [0.15, 0.2) is 0 Å². The summed E-state index contributed by atoms with van der Waals surface area (Å²) in [6.07, 6.45) is 1.65. The Morgan fingerprint density at radius 3 is 2.38 bits per heavy atom. The van der Waals surface area contributed by atoms with Gasteiger partial charge in [-0.1, -0.05) is 20.8 Å². The number of aliphatic carboxylic acids is 1. The molecule has 24 heavy (non-hydrogen) atoms. The van der Waals surface area contributed by atoms with Crippen LogP contribution in [-0.4, -0.2) is 44.3 Å². The van der Waals surface area contributed by atoms with Crippen LogP contribution in [0.3, 0.4) is 0 Å². The minimum absolute atomic E-state index is 0.0699. The van der Waals surface area contributed by atoms with Crippen LogP contribution in [0.1, 0.15) is 57.5 Å². The van der Waals surface area contributed by atoms with Crippen LogP contribution in [-0.2, 0) is 22.6 Å². The van der Waals surface area contributed by atoms with E-state index in [9.17, 15) is 9.59 Å². The summed E-state index contributed by atoms with van der Waals surface area (Å²) in [5, 5.41) is 13.6. The average molecular weight is 337 g/mol. The lowest BCUT2D eigenvalue weighted by Gasteiger charge is -2.27. The highest BCUT2D eigenvalue weighted by Gasteiger charge is 2.22. The largest absolute Gasteiger partial charge is 0.480 e. The second kappa shape index (κ2) is 8.85. The van der Waals surface area contributed by atoms with Crippen LogP contribution in [0.25, 0.3) is 0 Å². The van der Waals surface area contributed by atoms with Gasteiger partial charge in [-0.25, -0.2) is 0 Å². The quantitative estimate of drug-likeness (QED) is 0.752. The first kappa shape index (κ1) is 20.2. The highest BCUT2D eigenvalue weighted by molar-refractivity contribution is 5.81. The zero-order valence-electron chi connectivity index (χ0n) is 15.8. The number of carboxylic acids is 1. The Morgan fingerprint density at radius 1 is 1.25 bits per heavy atom. The molecule has 0 spiro atoms. The number of aryl methyl sites for hydroxylation is 1. The number of nitrogens with zero attached hydrogens (tertiary/aromatic N) is 3. The zero-order valence-corrected chi connectivity index (χ0v) is 15.8. The van der Waals surface area contributed by atoms with E-state index < -0.39 is 5.97 Å². The standard InChI is InChI=1S/C18H31N3O3/c1-7-13(4)20(11-18(23)24)17(22)9-8-16-14(5)19-21(15(16)6)10-12(2)3/h12-13H,7-11H2,1-6H3,(H,23,24). The van der Waals surface area contributed by atoms with Crippen LogP contribution in [0.2, 0.25) is 0 Å². The first-order valence-electron chi connectivity index (χ1n) is 8.71. The summed E-state index contributed by atoms with van der Waals surface area (Å²) in [6, 6.07) is -0.0699. The van der Waals surface area contributed by atoms with Crippen molar-refractivity contribution in [1.82, 2.24) is 14.7 Å². The summed E-state index contributed by atoms with van der Waals surface area (Å²) < 4.78 is 2.00. The van der Waals surface area contributed by atoms with Gasteiger partial charge in [0.05, 0.1) is 5.69 Å².